The van der Waals surface area contributed by atoms with Crippen LogP contribution >= 0.6 is 0 Å². The van der Waals surface area contributed by atoms with Crippen LogP contribution in [0.2, 0.25) is 0 Å². The third-order valence-electron chi connectivity index (χ3n) is 2.13. The highest BCUT2D eigenvalue weighted by Gasteiger charge is 2.25. The first-order valence-electron chi connectivity index (χ1n) is 3.99. The van der Waals surface area contributed by atoms with Crippen molar-refractivity contribution < 1.29 is 8.42 Å². The van der Waals surface area contributed by atoms with Crippen LogP contribution in [0.5, 0.6) is 0 Å². The SMILES string of the molecule is CS(=O)(=O)N1CCc2cnccc21. The van der Waals surface area contributed by atoms with Gasteiger partial charge < -0.3 is 0 Å². The fraction of sp³-hybridized carbons (Fsp3) is 0.375. The van der Waals surface area contributed by atoms with Gasteiger partial charge in [-0.1, -0.05) is 0 Å². The quantitative estimate of drug-likeness (QED) is 0.656. The zero-order valence-corrected chi connectivity index (χ0v) is 8.08. The minimum Gasteiger partial charge on any atom is -0.270 e. The molecule has 0 bridgehead atoms. The Bertz CT molecular complexity index is 428. The second-order valence-electron chi connectivity index (χ2n) is 3.09. The average molecular weight is 198 g/mol. The van der Waals surface area contributed by atoms with Crippen molar-refractivity contribution in [2.24, 2.45) is 0 Å². The fourth-order valence-electron chi connectivity index (χ4n) is 1.54. The first-order chi connectivity index (χ1) is 6.09. The van der Waals surface area contributed by atoms with E-state index in [1.54, 1.807) is 18.5 Å². The molecule has 70 valence electrons. The molecule has 0 radical (unpaired) electrons. The summed E-state index contributed by atoms with van der Waals surface area (Å²) in [5.41, 5.74) is 1.78. The lowest BCUT2D eigenvalue weighted by Gasteiger charge is -2.15. The summed E-state index contributed by atoms with van der Waals surface area (Å²) in [6.07, 6.45) is 5.32. The fourth-order valence-corrected chi connectivity index (χ4v) is 2.50. The topological polar surface area (TPSA) is 50.3 Å². The molecule has 2 heterocycles. The van der Waals surface area contributed by atoms with E-state index < -0.39 is 10.0 Å². The Balaban J connectivity index is 2.51. The Morgan fingerprint density at radius 3 is 3.00 bits per heavy atom. The number of sulfonamides is 1. The van der Waals surface area contributed by atoms with Crippen LogP contribution in [0, 0.1) is 0 Å². The zero-order chi connectivity index (χ0) is 9.47. The van der Waals surface area contributed by atoms with Crippen LogP contribution in [-0.2, 0) is 16.4 Å². The van der Waals surface area contributed by atoms with Crippen LogP contribution in [0.25, 0.3) is 0 Å². The van der Waals surface area contributed by atoms with Crippen molar-refractivity contribution in [2.45, 2.75) is 6.42 Å². The van der Waals surface area contributed by atoms with Crippen molar-refractivity contribution in [3.05, 3.63) is 24.0 Å². The summed E-state index contributed by atoms with van der Waals surface area (Å²) >= 11 is 0. The van der Waals surface area contributed by atoms with Crippen molar-refractivity contribution in [3.63, 3.8) is 0 Å². The van der Waals surface area contributed by atoms with Gasteiger partial charge in [-0.15, -0.1) is 0 Å². The molecule has 5 heteroatoms. The zero-order valence-electron chi connectivity index (χ0n) is 7.27. The number of nitrogens with zero attached hydrogens (tertiary/aromatic N) is 2. The van der Waals surface area contributed by atoms with E-state index in [0.29, 0.717) is 6.54 Å². The van der Waals surface area contributed by atoms with Crippen LogP contribution in [-0.4, -0.2) is 26.2 Å². The number of rotatable bonds is 1. The Hall–Kier alpha value is -1.10. The summed E-state index contributed by atoms with van der Waals surface area (Å²) in [5, 5.41) is 0. The largest absolute Gasteiger partial charge is 0.270 e. The molecule has 0 spiro atoms. The number of hydrogen-bond donors (Lipinski definition) is 0. The molecule has 0 saturated heterocycles. The number of anilines is 1. The Morgan fingerprint density at radius 1 is 1.54 bits per heavy atom. The lowest BCUT2D eigenvalue weighted by Crippen LogP contribution is -2.27. The van der Waals surface area contributed by atoms with E-state index in [4.69, 9.17) is 0 Å². The molecular weight excluding hydrogens is 188 g/mol. The van der Waals surface area contributed by atoms with E-state index >= 15 is 0 Å². The maximum Gasteiger partial charge on any atom is 0.232 e. The van der Waals surface area contributed by atoms with Gasteiger partial charge in [0.2, 0.25) is 10.0 Å². The molecule has 1 aliphatic heterocycles. The number of aromatic nitrogens is 1. The lowest BCUT2D eigenvalue weighted by atomic mass is 10.2. The van der Waals surface area contributed by atoms with Gasteiger partial charge >= 0.3 is 0 Å². The first kappa shape index (κ1) is 8.50. The molecule has 2 rings (SSSR count). The molecule has 0 unspecified atom stereocenters. The molecule has 4 nitrogen and oxygen atoms in total. The van der Waals surface area contributed by atoms with Gasteiger partial charge in [-0.2, -0.15) is 0 Å². The maximum absolute atomic E-state index is 11.3. The van der Waals surface area contributed by atoms with Gasteiger partial charge in [0, 0.05) is 18.9 Å². The van der Waals surface area contributed by atoms with E-state index in [0.717, 1.165) is 17.7 Å². The molecule has 0 N–H and O–H groups in total. The Kier molecular flexibility index (Phi) is 1.76. The molecule has 0 amide bonds. The number of fused-ring (bicyclic) bond motifs is 1. The maximum atomic E-state index is 11.3. The molecule has 1 aromatic heterocycles. The second-order valence-corrected chi connectivity index (χ2v) is 5.00. The molecule has 0 fully saturated rings. The molecular formula is C8H10N2O2S. The van der Waals surface area contributed by atoms with Gasteiger partial charge in [0.25, 0.3) is 0 Å². The van der Waals surface area contributed by atoms with E-state index in [-0.39, 0.29) is 0 Å². The summed E-state index contributed by atoms with van der Waals surface area (Å²) in [6, 6.07) is 1.74. The standard InChI is InChI=1S/C8H10N2O2S/c1-13(11,12)10-5-3-7-6-9-4-2-8(7)10/h2,4,6H,3,5H2,1H3. The normalized spacial score (nSPS) is 15.9. The summed E-state index contributed by atoms with van der Waals surface area (Å²) in [4.78, 5) is 3.95. The van der Waals surface area contributed by atoms with Gasteiger partial charge in [0.05, 0.1) is 11.9 Å². The molecule has 0 aliphatic carbocycles. The monoisotopic (exact) mass is 198 g/mol. The molecule has 0 saturated carbocycles. The minimum absolute atomic E-state index is 0.542. The van der Waals surface area contributed by atoms with Crippen molar-refractivity contribution in [2.75, 3.05) is 17.1 Å². The molecule has 1 aromatic rings. The van der Waals surface area contributed by atoms with Gasteiger partial charge in [-0.25, -0.2) is 8.42 Å². The van der Waals surface area contributed by atoms with Gasteiger partial charge in [0.1, 0.15) is 0 Å². The Morgan fingerprint density at radius 2 is 2.31 bits per heavy atom. The van der Waals surface area contributed by atoms with Crippen molar-refractivity contribution >= 4 is 15.7 Å². The summed E-state index contributed by atoms with van der Waals surface area (Å²) < 4.78 is 24.0. The third kappa shape index (κ3) is 1.39. The van der Waals surface area contributed by atoms with Crippen LogP contribution in [0.4, 0.5) is 5.69 Å². The first-order valence-corrected chi connectivity index (χ1v) is 5.84. The second kappa shape index (κ2) is 2.70. The summed E-state index contributed by atoms with van der Waals surface area (Å²) in [6.45, 7) is 0.542. The third-order valence-corrected chi connectivity index (χ3v) is 3.31. The number of pyridine rings is 1. The van der Waals surface area contributed by atoms with Crippen molar-refractivity contribution in [1.82, 2.24) is 4.98 Å². The van der Waals surface area contributed by atoms with E-state index in [1.807, 2.05) is 0 Å². The van der Waals surface area contributed by atoms with Crippen LogP contribution < -0.4 is 4.31 Å². The summed E-state index contributed by atoms with van der Waals surface area (Å²) in [5.74, 6) is 0. The molecule has 0 atom stereocenters. The molecule has 13 heavy (non-hydrogen) atoms. The van der Waals surface area contributed by atoms with Gasteiger partial charge in [0.15, 0.2) is 0 Å². The molecule has 1 aliphatic rings. The predicted molar refractivity (Wildman–Crippen MR) is 50.1 cm³/mol. The number of hydrogen-bond acceptors (Lipinski definition) is 3. The van der Waals surface area contributed by atoms with Crippen molar-refractivity contribution in [1.29, 1.82) is 0 Å². The van der Waals surface area contributed by atoms with Crippen molar-refractivity contribution in [3.8, 4) is 0 Å². The van der Waals surface area contributed by atoms with E-state index in [9.17, 15) is 8.42 Å². The van der Waals surface area contributed by atoms with E-state index in [2.05, 4.69) is 4.98 Å². The lowest BCUT2D eigenvalue weighted by molar-refractivity contribution is 0.598. The van der Waals surface area contributed by atoms with E-state index in [1.165, 1.54) is 10.6 Å². The predicted octanol–water partition coefficient (Wildman–Crippen LogP) is 0.404. The highest BCUT2D eigenvalue weighted by Crippen LogP contribution is 2.28. The van der Waals surface area contributed by atoms with Crippen LogP contribution in [0.3, 0.4) is 0 Å². The van der Waals surface area contributed by atoms with Gasteiger partial charge in [-0.05, 0) is 18.1 Å². The highest BCUT2D eigenvalue weighted by atomic mass is 32.2. The Labute approximate surface area is 77.3 Å². The highest BCUT2D eigenvalue weighted by molar-refractivity contribution is 7.92. The minimum atomic E-state index is -3.11. The van der Waals surface area contributed by atoms with Crippen LogP contribution in [0.1, 0.15) is 5.56 Å². The average Bonchev–Trinajstić information content (AvgIpc) is 2.45. The smallest absolute Gasteiger partial charge is 0.232 e. The molecule has 0 aromatic carbocycles. The van der Waals surface area contributed by atoms with Gasteiger partial charge in [-0.3, -0.25) is 9.29 Å². The van der Waals surface area contributed by atoms with Crippen LogP contribution in [0.15, 0.2) is 18.5 Å². The summed E-state index contributed by atoms with van der Waals surface area (Å²) in [7, 11) is -3.11.